The van der Waals surface area contributed by atoms with E-state index in [1.54, 1.807) is 0 Å². The Morgan fingerprint density at radius 2 is 2.00 bits per heavy atom. The second kappa shape index (κ2) is 6.97. The van der Waals surface area contributed by atoms with E-state index in [0.717, 1.165) is 16.0 Å². The fourth-order valence-electron chi connectivity index (χ4n) is 3.42. The quantitative estimate of drug-likeness (QED) is 0.831. The molecular formula is C15H21BrCl2N2. The van der Waals surface area contributed by atoms with Gasteiger partial charge in [0.25, 0.3) is 0 Å². The molecule has 2 fully saturated rings. The summed E-state index contributed by atoms with van der Waals surface area (Å²) < 4.78 is 1.13. The van der Waals surface area contributed by atoms with Gasteiger partial charge in [-0.25, -0.2) is 0 Å². The number of halogens is 3. The predicted molar refractivity (Wildman–Crippen MR) is 90.8 cm³/mol. The van der Waals surface area contributed by atoms with E-state index in [0.29, 0.717) is 5.41 Å². The zero-order valence-electron chi connectivity index (χ0n) is 11.5. The standard InChI is InChI=1S/C15H20BrClN2.ClH/c16-14-9-13(17)2-1-12(14)10-19-8-5-15(11-19)3-6-18-7-4-15;/h1-2,9,18H,3-8,10-11H2;1H. The lowest BCUT2D eigenvalue weighted by molar-refractivity contribution is 0.194. The number of hydrogen-bond acceptors (Lipinski definition) is 2. The fourth-order valence-corrected chi connectivity index (χ4v) is 4.23. The fraction of sp³-hybridized carbons (Fsp3) is 0.600. The molecule has 0 radical (unpaired) electrons. The van der Waals surface area contributed by atoms with Gasteiger partial charge in [0, 0.05) is 22.6 Å². The largest absolute Gasteiger partial charge is 0.317 e. The first-order valence-corrected chi connectivity index (χ1v) is 8.21. The van der Waals surface area contributed by atoms with Gasteiger partial charge in [0.2, 0.25) is 0 Å². The van der Waals surface area contributed by atoms with Gasteiger partial charge in [0.1, 0.15) is 0 Å². The van der Waals surface area contributed by atoms with E-state index in [-0.39, 0.29) is 12.4 Å². The van der Waals surface area contributed by atoms with Gasteiger partial charge < -0.3 is 5.32 Å². The Hall–Kier alpha value is 0.200. The van der Waals surface area contributed by atoms with E-state index in [9.17, 15) is 0 Å². The zero-order chi connectivity index (χ0) is 13.3. The van der Waals surface area contributed by atoms with Gasteiger partial charge in [-0.3, -0.25) is 4.90 Å². The third-order valence-electron chi connectivity index (χ3n) is 4.59. The average molecular weight is 380 g/mol. The summed E-state index contributed by atoms with van der Waals surface area (Å²) >= 11 is 9.62. The van der Waals surface area contributed by atoms with Crippen LogP contribution in [0.1, 0.15) is 24.8 Å². The molecular weight excluding hydrogens is 359 g/mol. The van der Waals surface area contributed by atoms with Gasteiger partial charge in [0.05, 0.1) is 0 Å². The second-order valence-corrected chi connectivity index (χ2v) is 7.24. The molecule has 1 aromatic carbocycles. The molecule has 0 aliphatic carbocycles. The third kappa shape index (κ3) is 3.69. The number of rotatable bonds is 2. The molecule has 2 nitrogen and oxygen atoms in total. The van der Waals surface area contributed by atoms with Crippen molar-refractivity contribution in [2.24, 2.45) is 5.41 Å². The second-order valence-electron chi connectivity index (χ2n) is 5.95. The highest BCUT2D eigenvalue weighted by Gasteiger charge is 2.38. The molecule has 20 heavy (non-hydrogen) atoms. The maximum atomic E-state index is 6.00. The van der Waals surface area contributed by atoms with Crippen molar-refractivity contribution in [2.45, 2.75) is 25.8 Å². The van der Waals surface area contributed by atoms with Crippen LogP contribution in [0, 0.1) is 5.41 Å². The van der Waals surface area contributed by atoms with E-state index in [1.165, 1.54) is 51.0 Å². The number of likely N-dealkylation sites (tertiary alicyclic amines) is 1. The van der Waals surface area contributed by atoms with Crippen molar-refractivity contribution in [2.75, 3.05) is 26.2 Å². The first-order chi connectivity index (χ1) is 9.17. The summed E-state index contributed by atoms with van der Waals surface area (Å²) in [6.45, 7) is 5.91. The SMILES string of the molecule is Cl.Clc1ccc(CN2CCC3(CCNCC3)C2)c(Br)c1. The van der Waals surface area contributed by atoms with Crippen LogP contribution in [0.25, 0.3) is 0 Å². The molecule has 0 unspecified atom stereocenters. The molecule has 112 valence electrons. The van der Waals surface area contributed by atoms with Crippen LogP contribution >= 0.6 is 39.9 Å². The van der Waals surface area contributed by atoms with Crippen LogP contribution in [-0.4, -0.2) is 31.1 Å². The molecule has 5 heteroatoms. The van der Waals surface area contributed by atoms with Crippen LogP contribution in [0.5, 0.6) is 0 Å². The van der Waals surface area contributed by atoms with Gasteiger partial charge in [0.15, 0.2) is 0 Å². The number of nitrogens with one attached hydrogen (secondary N) is 1. The molecule has 2 aliphatic heterocycles. The summed E-state index contributed by atoms with van der Waals surface area (Å²) in [6, 6.07) is 6.12. The number of hydrogen-bond donors (Lipinski definition) is 1. The zero-order valence-corrected chi connectivity index (χ0v) is 14.7. The average Bonchev–Trinajstić information content (AvgIpc) is 2.77. The minimum atomic E-state index is 0. The van der Waals surface area contributed by atoms with Crippen molar-refractivity contribution in [1.29, 1.82) is 0 Å². The topological polar surface area (TPSA) is 15.3 Å². The molecule has 2 heterocycles. The van der Waals surface area contributed by atoms with E-state index in [1.807, 2.05) is 12.1 Å². The maximum Gasteiger partial charge on any atom is 0.0417 e. The molecule has 1 aromatic rings. The van der Waals surface area contributed by atoms with Crippen molar-refractivity contribution in [3.8, 4) is 0 Å². The van der Waals surface area contributed by atoms with Gasteiger partial charge in [-0.2, -0.15) is 0 Å². The summed E-state index contributed by atoms with van der Waals surface area (Å²) in [4.78, 5) is 2.60. The van der Waals surface area contributed by atoms with Crippen molar-refractivity contribution >= 4 is 39.9 Å². The normalized spacial score (nSPS) is 21.9. The maximum absolute atomic E-state index is 6.00. The van der Waals surface area contributed by atoms with Gasteiger partial charge in [-0.05, 0) is 62.0 Å². The molecule has 1 spiro atoms. The van der Waals surface area contributed by atoms with E-state index in [2.05, 4.69) is 32.2 Å². The van der Waals surface area contributed by atoms with Gasteiger partial charge in [-0.15, -0.1) is 12.4 Å². The Morgan fingerprint density at radius 1 is 1.25 bits per heavy atom. The molecule has 2 saturated heterocycles. The van der Waals surface area contributed by atoms with Crippen LogP contribution in [0.4, 0.5) is 0 Å². The summed E-state index contributed by atoms with van der Waals surface area (Å²) in [5.41, 5.74) is 1.93. The lowest BCUT2D eigenvalue weighted by Gasteiger charge is -2.34. The van der Waals surface area contributed by atoms with Crippen LogP contribution in [-0.2, 0) is 6.54 Å². The Bertz CT molecular complexity index is 461. The molecule has 3 rings (SSSR count). The summed E-state index contributed by atoms with van der Waals surface area (Å²) in [6.07, 6.45) is 4.04. The molecule has 2 aliphatic rings. The monoisotopic (exact) mass is 378 g/mol. The summed E-state index contributed by atoms with van der Waals surface area (Å²) in [5.74, 6) is 0. The molecule has 0 saturated carbocycles. The lowest BCUT2D eigenvalue weighted by Crippen LogP contribution is -2.38. The van der Waals surface area contributed by atoms with E-state index in [4.69, 9.17) is 11.6 Å². The van der Waals surface area contributed by atoms with Gasteiger partial charge >= 0.3 is 0 Å². The van der Waals surface area contributed by atoms with Crippen molar-refractivity contribution < 1.29 is 0 Å². The highest BCUT2D eigenvalue weighted by Crippen LogP contribution is 2.39. The first-order valence-electron chi connectivity index (χ1n) is 7.04. The Kier molecular flexibility index (Phi) is 5.78. The van der Waals surface area contributed by atoms with Crippen molar-refractivity contribution in [3.63, 3.8) is 0 Å². The molecule has 0 bridgehead atoms. The van der Waals surface area contributed by atoms with Crippen LogP contribution in [0.15, 0.2) is 22.7 Å². The van der Waals surface area contributed by atoms with Crippen molar-refractivity contribution in [3.05, 3.63) is 33.3 Å². The molecule has 0 amide bonds. The summed E-state index contributed by atoms with van der Waals surface area (Å²) in [5, 5.41) is 4.27. The minimum Gasteiger partial charge on any atom is -0.317 e. The van der Waals surface area contributed by atoms with Gasteiger partial charge in [-0.1, -0.05) is 33.6 Å². The predicted octanol–water partition coefficient (Wildman–Crippen LogP) is 4.10. The van der Waals surface area contributed by atoms with E-state index >= 15 is 0 Å². The molecule has 0 aromatic heterocycles. The van der Waals surface area contributed by atoms with Crippen LogP contribution < -0.4 is 5.32 Å². The number of piperidine rings is 1. The summed E-state index contributed by atoms with van der Waals surface area (Å²) in [7, 11) is 0. The Balaban J connectivity index is 0.00000147. The molecule has 1 N–H and O–H groups in total. The molecule has 0 atom stereocenters. The highest BCUT2D eigenvalue weighted by molar-refractivity contribution is 9.10. The van der Waals surface area contributed by atoms with Crippen molar-refractivity contribution in [1.82, 2.24) is 10.2 Å². The smallest absolute Gasteiger partial charge is 0.0417 e. The van der Waals surface area contributed by atoms with Crippen LogP contribution in [0.3, 0.4) is 0 Å². The first kappa shape index (κ1) is 16.6. The Labute approximate surface area is 140 Å². The number of nitrogens with zero attached hydrogens (tertiary/aromatic N) is 1. The minimum absolute atomic E-state index is 0. The van der Waals surface area contributed by atoms with E-state index < -0.39 is 0 Å². The Morgan fingerprint density at radius 3 is 2.70 bits per heavy atom. The van der Waals surface area contributed by atoms with Crippen LogP contribution in [0.2, 0.25) is 5.02 Å². The third-order valence-corrected chi connectivity index (χ3v) is 5.56. The number of benzene rings is 1. The lowest BCUT2D eigenvalue weighted by atomic mass is 9.78. The highest BCUT2D eigenvalue weighted by atomic mass is 79.9.